The lowest BCUT2D eigenvalue weighted by molar-refractivity contribution is -0.143. The van der Waals surface area contributed by atoms with E-state index in [0.717, 1.165) is 42.7 Å². The quantitative estimate of drug-likeness (QED) is 0.198. The normalized spacial score (nSPS) is 24.6. The molecule has 0 radical (unpaired) electrons. The molecule has 3 aliphatic heterocycles. The summed E-state index contributed by atoms with van der Waals surface area (Å²) in [6.45, 7) is 8.91. The number of amides is 2. The molecule has 10 heteroatoms. The fourth-order valence-corrected chi connectivity index (χ4v) is 9.08. The first kappa shape index (κ1) is 33.2. The second-order valence-corrected chi connectivity index (χ2v) is 15.3. The molecule has 3 aromatic rings. The predicted octanol–water partition coefficient (Wildman–Crippen LogP) is 6.94. The second kappa shape index (κ2) is 12.7. The number of benzene rings is 2. The Morgan fingerprint density at radius 3 is 2.35 bits per heavy atom. The van der Waals surface area contributed by atoms with Gasteiger partial charge in [0.2, 0.25) is 5.91 Å². The van der Waals surface area contributed by atoms with E-state index >= 15 is 0 Å². The highest BCUT2D eigenvalue weighted by Crippen LogP contribution is 2.46. The molecule has 3 aliphatic rings. The first-order chi connectivity index (χ1) is 21.9. The standard InChI is InChI=1S/C36H46Cl2FN5O2/c1-24-40-31-10-5-6-11-32(31)44(24)30-21-28-12-13-29(22-30)43(28)19-16-35(26-8-7-9-27(39)20-26)14-17-42(18-15-35)33(46)36(38,41-25(2)45)34(3,4)23-37/h5-11,20,28-30H,12-19,21-23H2,1-4H3,(H,41,45)/t28-,29+,30?,36-/m0/s1. The van der Waals surface area contributed by atoms with Gasteiger partial charge in [0, 0.05) is 49.4 Å². The molecule has 3 saturated heterocycles. The van der Waals surface area contributed by atoms with E-state index in [2.05, 4.69) is 46.0 Å². The molecule has 0 saturated carbocycles. The van der Waals surface area contributed by atoms with Crippen molar-refractivity contribution < 1.29 is 14.0 Å². The number of para-hydroxylation sites is 2. The van der Waals surface area contributed by atoms with Crippen molar-refractivity contribution in [2.24, 2.45) is 5.41 Å². The number of fused-ring (bicyclic) bond motifs is 3. The number of rotatable bonds is 9. The molecule has 0 spiro atoms. The predicted molar refractivity (Wildman–Crippen MR) is 182 cm³/mol. The molecule has 4 atom stereocenters. The van der Waals surface area contributed by atoms with Gasteiger partial charge in [0.05, 0.1) is 11.0 Å². The number of piperidine rings is 2. The van der Waals surface area contributed by atoms with Crippen LogP contribution in [0, 0.1) is 18.2 Å². The fraction of sp³-hybridized carbons (Fsp3) is 0.583. The van der Waals surface area contributed by atoms with Crippen molar-refractivity contribution in [1.82, 2.24) is 24.7 Å². The molecule has 4 heterocycles. The van der Waals surface area contributed by atoms with Crippen molar-refractivity contribution in [1.29, 1.82) is 0 Å². The van der Waals surface area contributed by atoms with E-state index in [0.29, 0.717) is 44.1 Å². The molecular formula is C36H46Cl2FN5O2. The van der Waals surface area contributed by atoms with Crippen LogP contribution in [-0.2, 0) is 15.0 Å². The topological polar surface area (TPSA) is 70.5 Å². The van der Waals surface area contributed by atoms with Gasteiger partial charge in [-0.3, -0.25) is 14.5 Å². The van der Waals surface area contributed by atoms with Gasteiger partial charge in [0.15, 0.2) is 5.00 Å². The van der Waals surface area contributed by atoms with Crippen molar-refractivity contribution in [3.8, 4) is 0 Å². The average Bonchev–Trinajstić information content (AvgIpc) is 3.49. The molecule has 1 N–H and O–H groups in total. The molecule has 7 nitrogen and oxygen atoms in total. The van der Waals surface area contributed by atoms with Gasteiger partial charge in [-0.2, -0.15) is 0 Å². The van der Waals surface area contributed by atoms with Crippen molar-refractivity contribution in [2.45, 2.75) is 101 Å². The number of nitrogens with one attached hydrogen (secondary N) is 1. The van der Waals surface area contributed by atoms with Crippen LogP contribution in [0.1, 0.15) is 83.1 Å². The first-order valence-electron chi connectivity index (χ1n) is 16.7. The minimum absolute atomic E-state index is 0.0965. The number of likely N-dealkylation sites (tertiary alicyclic amines) is 1. The second-order valence-electron chi connectivity index (χ2n) is 14.5. The fourth-order valence-electron chi connectivity index (χ4n) is 8.49. The zero-order valence-electron chi connectivity index (χ0n) is 27.4. The van der Waals surface area contributed by atoms with Crippen LogP contribution in [0.4, 0.5) is 4.39 Å². The van der Waals surface area contributed by atoms with Gasteiger partial charge in [0.1, 0.15) is 11.6 Å². The van der Waals surface area contributed by atoms with Gasteiger partial charge in [-0.1, -0.05) is 49.7 Å². The summed E-state index contributed by atoms with van der Waals surface area (Å²) in [4.78, 5) is 33.7. The minimum atomic E-state index is -1.66. The van der Waals surface area contributed by atoms with Crippen LogP contribution >= 0.6 is 23.2 Å². The van der Waals surface area contributed by atoms with E-state index in [1.807, 2.05) is 6.07 Å². The first-order valence-corrected chi connectivity index (χ1v) is 17.6. The highest BCUT2D eigenvalue weighted by atomic mass is 35.5. The van der Waals surface area contributed by atoms with Gasteiger partial charge >= 0.3 is 0 Å². The number of nitrogens with zero attached hydrogens (tertiary/aromatic N) is 4. The molecule has 2 bridgehead atoms. The van der Waals surface area contributed by atoms with Crippen LogP contribution in [0.3, 0.4) is 0 Å². The summed E-state index contributed by atoms with van der Waals surface area (Å²) in [6, 6.07) is 16.9. The molecule has 6 rings (SSSR count). The van der Waals surface area contributed by atoms with Crippen LogP contribution in [0.5, 0.6) is 0 Å². The Morgan fingerprint density at radius 1 is 1.04 bits per heavy atom. The monoisotopic (exact) mass is 669 g/mol. The largest absolute Gasteiger partial charge is 0.339 e. The lowest BCUT2D eigenvalue weighted by atomic mass is 9.70. The molecule has 2 aromatic carbocycles. The van der Waals surface area contributed by atoms with E-state index in [4.69, 9.17) is 28.2 Å². The Morgan fingerprint density at radius 2 is 1.72 bits per heavy atom. The van der Waals surface area contributed by atoms with Gasteiger partial charge in [-0.25, -0.2) is 9.37 Å². The Balaban J connectivity index is 1.19. The maximum absolute atomic E-state index is 14.6. The molecule has 248 valence electrons. The summed E-state index contributed by atoms with van der Waals surface area (Å²) in [5, 5.41) is 2.70. The number of hydrogen-bond acceptors (Lipinski definition) is 4. The molecule has 1 unspecified atom stereocenters. The van der Waals surface area contributed by atoms with E-state index in [-0.39, 0.29) is 28.9 Å². The zero-order valence-corrected chi connectivity index (χ0v) is 28.9. The Hall–Kier alpha value is -2.68. The Bertz CT molecular complexity index is 1590. The Labute approximate surface area is 281 Å². The summed E-state index contributed by atoms with van der Waals surface area (Å²) < 4.78 is 17.1. The number of aromatic nitrogens is 2. The third-order valence-corrected chi connectivity index (χ3v) is 12.6. The third-order valence-electron chi connectivity index (χ3n) is 11.2. The molecule has 1 aromatic heterocycles. The van der Waals surface area contributed by atoms with E-state index < -0.39 is 10.4 Å². The maximum atomic E-state index is 14.6. The van der Waals surface area contributed by atoms with E-state index in [1.165, 1.54) is 31.3 Å². The van der Waals surface area contributed by atoms with Crippen molar-refractivity contribution in [2.75, 3.05) is 25.5 Å². The van der Waals surface area contributed by atoms with Crippen LogP contribution in [0.15, 0.2) is 48.5 Å². The average molecular weight is 671 g/mol. The lowest BCUT2D eigenvalue weighted by Crippen LogP contribution is -2.65. The molecule has 0 aliphatic carbocycles. The Kier molecular flexibility index (Phi) is 9.20. The number of imidazole rings is 1. The molecule has 2 amide bonds. The summed E-state index contributed by atoms with van der Waals surface area (Å²) in [7, 11) is 0. The number of carbonyl (C=O) groups is 2. The van der Waals surface area contributed by atoms with Crippen molar-refractivity contribution in [3.63, 3.8) is 0 Å². The van der Waals surface area contributed by atoms with Crippen LogP contribution in [-0.4, -0.2) is 73.8 Å². The maximum Gasteiger partial charge on any atom is 0.264 e. The van der Waals surface area contributed by atoms with Gasteiger partial charge in [-0.05, 0) is 93.7 Å². The van der Waals surface area contributed by atoms with Gasteiger partial charge in [-0.15, -0.1) is 11.6 Å². The molecule has 3 fully saturated rings. The number of halogens is 3. The number of hydrogen-bond donors (Lipinski definition) is 1. The van der Waals surface area contributed by atoms with E-state index in [1.54, 1.807) is 30.9 Å². The number of alkyl halides is 2. The third kappa shape index (κ3) is 5.94. The summed E-state index contributed by atoms with van der Waals surface area (Å²) in [5.74, 6) is 0.208. The number of carbonyl (C=O) groups excluding carboxylic acids is 2. The van der Waals surface area contributed by atoms with Crippen LogP contribution in [0.25, 0.3) is 11.0 Å². The SMILES string of the molecule is CC(=O)N[C@@](Cl)(C(=O)N1CCC(CCN2[C@@H]3CC[C@H]2CC(n2c(C)nc4ccccc42)C3)(c2cccc(F)c2)CC1)C(C)(C)CCl. The van der Waals surface area contributed by atoms with Gasteiger partial charge < -0.3 is 14.8 Å². The highest BCUT2D eigenvalue weighted by molar-refractivity contribution is 6.36. The highest BCUT2D eigenvalue weighted by Gasteiger charge is 2.53. The summed E-state index contributed by atoms with van der Waals surface area (Å²) in [5.41, 5.74) is 2.10. The van der Waals surface area contributed by atoms with Crippen LogP contribution < -0.4 is 5.32 Å². The molecule has 46 heavy (non-hydrogen) atoms. The van der Waals surface area contributed by atoms with Crippen molar-refractivity contribution in [3.05, 3.63) is 65.7 Å². The van der Waals surface area contributed by atoms with Crippen LogP contribution in [0.2, 0.25) is 0 Å². The van der Waals surface area contributed by atoms with Gasteiger partial charge in [0.25, 0.3) is 5.91 Å². The van der Waals surface area contributed by atoms with E-state index in [9.17, 15) is 14.0 Å². The van der Waals surface area contributed by atoms with Crippen molar-refractivity contribution >= 4 is 46.0 Å². The lowest BCUT2D eigenvalue weighted by Gasteiger charge is -2.48. The minimum Gasteiger partial charge on any atom is -0.339 e. The summed E-state index contributed by atoms with van der Waals surface area (Å²) >= 11 is 13.2. The summed E-state index contributed by atoms with van der Waals surface area (Å²) in [6.07, 6.45) is 6.84. The molecular weight excluding hydrogens is 624 g/mol. The number of aryl methyl sites for hydroxylation is 1. The zero-order chi connectivity index (χ0) is 32.9. The smallest absolute Gasteiger partial charge is 0.264 e.